The minimum atomic E-state index is -0.321. The molecule has 1 N–H and O–H groups in total. The minimum absolute atomic E-state index is 0.0760. The molecule has 0 aromatic carbocycles. The molecule has 1 fully saturated rings. The second-order valence-corrected chi connectivity index (χ2v) is 3.60. The van der Waals surface area contributed by atoms with Crippen LogP contribution in [0.3, 0.4) is 0 Å². The van der Waals surface area contributed by atoms with Gasteiger partial charge < -0.3 is 10.1 Å². The molecule has 2 rings (SSSR count). The van der Waals surface area contributed by atoms with Crippen LogP contribution in [0, 0.1) is 0 Å². The highest BCUT2D eigenvalue weighted by atomic mass is 32.1. The molecular weight excluding hydrogens is 174 g/mol. The molecule has 1 aromatic heterocycles. The Balaban J connectivity index is 2.20. The number of nitrogens with one attached hydrogen (secondary N) is 1. The van der Waals surface area contributed by atoms with Gasteiger partial charge in [0.2, 0.25) is 0 Å². The number of hydrogen-bond acceptors (Lipinski definition) is 3. The third kappa shape index (κ3) is 1.18. The van der Waals surface area contributed by atoms with Crippen molar-refractivity contribution in [1.29, 1.82) is 0 Å². The van der Waals surface area contributed by atoms with Crippen molar-refractivity contribution in [1.82, 2.24) is 5.32 Å². The molecule has 0 saturated carbocycles. The van der Waals surface area contributed by atoms with Crippen LogP contribution < -0.4 is 5.32 Å². The number of hydrogen-bond donors (Lipinski definition) is 1. The van der Waals surface area contributed by atoms with Crippen LogP contribution >= 0.6 is 11.3 Å². The lowest BCUT2D eigenvalue weighted by Gasteiger charge is -2.09. The summed E-state index contributed by atoms with van der Waals surface area (Å²) in [5, 5.41) is 6.68. The Kier molecular flexibility index (Phi) is 1.77. The van der Waals surface area contributed by atoms with Crippen molar-refractivity contribution >= 4 is 17.4 Å². The summed E-state index contributed by atoms with van der Waals surface area (Å²) < 4.78 is 5.07. The Morgan fingerprint density at radius 1 is 1.67 bits per heavy atom. The largest absolute Gasteiger partial charge is 0.439 e. The van der Waals surface area contributed by atoms with Crippen LogP contribution in [-0.2, 0) is 4.74 Å². The van der Waals surface area contributed by atoms with E-state index in [2.05, 4.69) is 5.32 Å². The van der Waals surface area contributed by atoms with Gasteiger partial charge in [0.05, 0.1) is 6.04 Å². The zero-order valence-corrected chi connectivity index (χ0v) is 7.43. The van der Waals surface area contributed by atoms with Crippen molar-refractivity contribution in [2.75, 3.05) is 0 Å². The van der Waals surface area contributed by atoms with E-state index in [4.69, 9.17) is 4.74 Å². The molecule has 1 amide bonds. The molecule has 0 bridgehead atoms. The van der Waals surface area contributed by atoms with Crippen molar-refractivity contribution in [2.24, 2.45) is 0 Å². The number of alkyl carbamates (subject to hydrolysis) is 1. The van der Waals surface area contributed by atoms with Gasteiger partial charge in [-0.25, -0.2) is 4.79 Å². The molecule has 1 aliphatic heterocycles. The van der Waals surface area contributed by atoms with Crippen LogP contribution in [0.25, 0.3) is 0 Å². The van der Waals surface area contributed by atoms with Gasteiger partial charge in [0, 0.05) is 5.56 Å². The predicted octanol–water partition coefficient (Wildman–Crippen LogP) is 1.92. The third-order valence-corrected chi connectivity index (χ3v) is 2.61. The number of amides is 1. The van der Waals surface area contributed by atoms with Gasteiger partial charge in [-0.2, -0.15) is 11.3 Å². The van der Waals surface area contributed by atoms with Gasteiger partial charge in [0.25, 0.3) is 0 Å². The van der Waals surface area contributed by atoms with Crippen LogP contribution in [0.5, 0.6) is 0 Å². The number of carbonyl (C=O) groups is 1. The summed E-state index contributed by atoms with van der Waals surface area (Å²) >= 11 is 1.61. The van der Waals surface area contributed by atoms with Crippen LogP contribution in [0.1, 0.15) is 18.6 Å². The Morgan fingerprint density at radius 2 is 2.50 bits per heavy atom. The molecule has 0 unspecified atom stereocenters. The monoisotopic (exact) mass is 183 g/mol. The number of rotatable bonds is 1. The van der Waals surface area contributed by atoms with E-state index in [1.54, 1.807) is 11.3 Å². The fourth-order valence-electron chi connectivity index (χ4n) is 1.31. The van der Waals surface area contributed by atoms with Crippen LogP contribution in [0.4, 0.5) is 4.79 Å². The van der Waals surface area contributed by atoms with Gasteiger partial charge in [-0.05, 0) is 23.8 Å². The summed E-state index contributed by atoms with van der Waals surface area (Å²) in [4.78, 5) is 10.8. The Morgan fingerprint density at radius 3 is 3.00 bits per heavy atom. The van der Waals surface area contributed by atoms with Crippen LogP contribution in [-0.4, -0.2) is 12.1 Å². The topological polar surface area (TPSA) is 38.3 Å². The summed E-state index contributed by atoms with van der Waals surface area (Å²) in [7, 11) is 0. The van der Waals surface area contributed by atoms with E-state index < -0.39 is 0 Å². The second kappa shape index (κ2) is 2.79. The molecule has 0 radical (unpaired) electrons. The molecule has 0 aliphatic carbocycles. The van der Waals surface area contributed by atoms with Crippen LogP contribution in [0.2, 0.25) is 0 Å². The SMILES string of the molecule is C[C@@H]1NC(=O)O[C@@H]1c1ccsc1. The highest BCUT2D eigenvalue weighted by molar-refractivity contribution is 7.07. The summed E-state index contributed by atoms with van der Waals surface area (Å²) in [6.07, 6.45) is -0.428. The summed E-state index contributed by atoms with van der Waals surface area (Å²) in [5.74, 6) is 0. The number of ether oxygens (including phenoxy) is 1. The van der Waals surface area contributed by atoms with E-state index in [1.165, 1.54) is 0 Å². The van der Waals surface area contributed by atoms with E-state index in [-0.39, 0.29) is 18.2 Å². The Hall–Kier alpha value is -1.03. The molecule has 64 valence electrons. The maximum absolute atomic E-state index is 10.8. The Labute approximate surface area is 74.4 Å². The number of thiophene rings is 1. The first-order valence-corrected chi connectivity index (χ1v) is 4.71. The van der Waals surface area contributed by atoms with Gasteiger partial charge in [0.1, 0.15) is 6.10 Å². The molecule has 2 heterocycles. The first-order chi connectivity index (χ1) is 5.77. The zero-order chi connectivity index (χ0) is 8.55. The molecule has 1 aromatic rings. The van der Waals surface area contributed by atoms with Crippen LogP contribution in [0.15, 0.2) is 16.8 Å². The fraction of sp³-hybridized carbons (Fsp3) is 0.375. The average molecular weight is 183 g/mol. The second-order valence-electron chi connectivity index (χ2n) is 2.82. The summed E-state index contributed by atoms with van der Waals surface area (Å²) in [6, 6.07) is 2.05. The molecule has 0 spiro atoms. The normalized spacial score (nSPS) is 28.2. The van der Waals surface area contributed by atoms with E-state index in [9.17, 15) is 4.79 Å². The number of cyclic esters (lactones) is 1. The quantitative estimate of drug-likeness (QED) is 0.722. The van der Waals surface area contributed by atoms with E-state index in [0.717, 1.165) is 5.56 Å². The zero-order valence-electron chi connectivity index (χ0n) is 6.61. The first-order valence-electron chi connectivity index (χ1n) is 3.76. The molecular formula is C8H9NO2S. The molecule has 3 nitrogen and oxygen atoms in total. The predicted molar refractivity (Wildman–Crippen MR) is 46.1 cm³/mol. The highest BCUT2D eigenvalue weighted by Gasteiger charge is 2.31. The third-order valence-electron chi connectivity index (χ3n) is 1.91. The standard InChI is InChI=1S/C8H9NO2S/c1-5-7(11-8(10)9-5)6-2-3-12-4-6/h2-5,7H,1H3,(H,9,10)/t5-,7-/m0/s1. The van der Waals surface area contributed by atoms with Crippen molar-refractivity contribution in [3.8, 4) is 0 Å². The van der Waals surface area contributed by atoms with Gasteiger partial charge in [-0.15, -0.1) is 0 Å². The molecule has 4 heteroatoms. The van der Waals surface area contributed by atoms with E-state index >= 15 is 0 Å². The number of carbonyl (C=O) groups excluding carboxylic acids is 1. The molecule has 1 saturated heterocycles. The maximum atomic E-state index is 10.8. The lowest BCUT2D eigenvalue weighted by atomic mass is 10.1. The van der Waals surface area contributed by atoms with Gasteiger partial charge in [-0.3, -0.25) is 0 Å². The van der Waals surface area contributed by atoms with Crippen molar-refractivity contribution in [2.45, 2.75) is 19.1 Å². The average Bonchev–Trinajstić information content (AvgIpc) is 2.58. The van der Waals surface area contributed by atoms with E-state index in [1.807, 2.05) is 23.8 Å². The summed E-state index contributed by atoms with van der Waals surface area (Å²) in [6.45, 7) is 1.94. The molecule has 2 atom stereocenters. The highest BCUT2D eigenvalue weighted by Crippen LogP contribution is 2.27. The van der Waals surface area contributed by atoms with Crippen molar-refractivity contribution in [3.63, 3.8) is 0 Å². The first kappa shape index (κ1) is 7.61. The molecule has 12 heavy (non-hydrogen) atoms. The lowest BCUT2D eigenvalue weighted by molar-refractivity contribution is 0.134. The van der Waals surface area contributed by atoms with Crippen molar-refractivity contribution in [3.05, 3.63) is 22.4 Å². The minimum Gasteiger partial charge on any atom is -0.439 e. The Bertz CT molecular complexity index is 283. The molecule has 1 aliphatic rings. The van der Waals surface area contributed by atoms with Crippen molar-refractivity contribution < 1.29 is 9.53 Å². The fourth-order valence-corrected chi connectivity index (χ4v) is 1.99. The summed E-state index contributed by atoms with van der Waals surface area (Å²) in [5.41, 5.74) is 1.07. The van der Waals surface area contributed by atoms with Gasteiger partial charge in [0.15, 0.2) is 0 Å². The van der Waals surface area contributed by atoms with Gasteiger partial charge in [-0.1, -0.05) is 0 Å². The smallest absolute Gasteiger partial charge is 0.408 e. The van der Waals surface area contributed by atoms with Gasteiger partial charge >= 0.3 is 6.09 Å². The lowest BCUT2D eigenvalue weighted by Crippen LogP contribution is -2.23. The van der Waals surface area contributed by atoms with E-state index in [0.29, 0.717) is 0 Å². The maximum Gasteiger partial charge on any atom is 0.408 e.